The average molecular weight is 314 g/mol. The molecule has 1 atom stereocenters. The standard InChI is InChI=1S/C13H18N2O5S/c1-3-21(18,19)15-7-11-5-4-10(13(16)14-17)6-12(11)20-8-9(15)2/h4-6,9,17H,3,7-8H2,1-2H3,(H,14,16). The number of hydrogen-bond donors (Lipinski definition) is 2. The van der Waals surface area contributed by atoms with E-state index in [1.165, 1.54) is 16.4 Å². The van der Waals surface area contributed by atoms with E-state index in [1.54, 1.807) is 25.4 Å². The molecule has 1 aromatic carbocycles. The number of hydrogen-bond acceptors (Lipinski definition) is 5. The fraction of sp³-hybridized carbons (Fsp3) is 0.462. The number of benzene rings is 1. The molecule has 1 unspecified atom stereocenters. The topological polar surface area (TPSA) is 95.9 Å². The predicted molar refractivity (Wildman–Crippen MR) is 75.7 cm³/mol. The van der Waals surface area contributed by atoms with Crippen molar-refractivity contribution in [1.29, 1.82) is 0 Å². The Bertz CT molecular complexity index is 644. The average Bonchev–Trinajstić information content (AvgIpc) is 2.65. The van der Waals surface area contributed by atoms with Crippen LogP contribution in [0.1, 0.15) is 29.8 Å². The first-order valence-corrected chi connectivity index (χ1v) is 8.19. The summed E-state index contributed by atoms with van der Waals surface area (Å²) in [6.45, 7) is 3.79. The molecule has 116 valence electrons. The van der Waals surface area contributed by atoms with Crippen LogP contribution >= 0.6 is 0 Å². The SMILES string of the molecule is CCS(=O)(=O)N1Cc2ccc(C(=O)NO)cc2OCC1C. The van der Waals surface area contributed by atoms with Crippen LogP contribution in [0.2, 0.25) is 0 Å². The fourth-order valence-electron chi connectivity index (χ4n) is 2.18. The molecule has 1 amide bonds. The Labute approximate surface area is 123 Å². The normalized spacial score (nSPS) is 19.3. The highest BCUT2D eigenvalue weighted by molar-refractivity contribution is 7.89. The van der Waals surface area contributed by atoms with Gasteiger partial charge in [0.15, 0.2) is 0 Å². The molecular weight excluding hydrogens is 296 g/mol. The van der Waals surface area contributed by atoms with E-state index >= 15 is 0 Å². The van der Waals surface area contributed by atoms with Crippen LogP contribution in [0.15, 0.2) is 18.2 Å². The third-order valence-corrected chi connectivity index (χ3v) is 5.38. The molecule has 0 aliphatic carbocycles. The first-order chi connectivity index (χ1) is 9.89. The second-order valence-electron chi connectivity index (χ2n) is 4.87. The third kappa shape index (κ3) is 3.17. The molecule has 1 heterocycles. The van der Waals surface area contributed by atoms with Crippen LogP contribution in [-0.4, -0.2) is 42.2 Å². The van der Waals surface area contributed by atoms with Crippen molar-refractivity contribution in [3.8, 4) is 5.75 Å². The summed E-state index contributed by atoms with van der Waals surface area (Å²) in [6.07, 6.45) is 0. The van der Waals surface area contributed by atoms with Gasteiger partial charge in [-0.3, -0.25) is 10.0 Å². The largest absolute Gasteiger partial charge is 0.492 e. The van der Waals surface area contributed by atoms with Gasteiger partial charge < -0.3 is 4.74 Å². The number of hydroxylamine groups is 1. The molecule has 0 radical (unpaired) electrons. The minimum atomic E-state index is -3.33. The Morgan fingerprint density at radius 2 is 2.24 bits per heavy atom. The number of ether oxygens (including phenoxy) is 1. The van der Waals surface area contributed by atoms with E-state index in [0.29, 0.717) is 11.3 Å². The van der Waals surface area contributed by atoms with Crippen LogP contribution in [0, 0.1) is 0 Å². The zero-order valence-electron chi connectivity index (χ0n) is 11.9. The van der Waals surface area contributed by atoms with Crippen LogP contribution in [-0.2, 0) is 16.6 Å². The lowest BCUT2D eigenvalue weighted by molar-refractivity contribution is 0.0706. The number of nitrogens with zero attached hydrogens (tertiary/aromatic N) is 1. The minimum absolute atomic E-state index is 0.0255. The van der Waals surface area contributed by atoms with E-state index in [0.717, 1.165) is 0 Å². The maximum atomic E-state index is 12.1. The van der Waals surface area contributed by atoms with E-state index in [9.17, 15) is 13.2 Å². The quantitative estimate of drug-likeness (QED) is 0.633. The van der Waals surface area contributed by atoms with Gasteiger partial charge in [-0.15, -0.1) is 0 Å². The van der Waals surface area contributed by atoms with Crippen LogP contribution in [0.3, 0.4) is 0 Å². The van der Waals surface area contributed by atoms with Crippen molar-refractivity contribution < 1.29 is 23.2 Å². The summed E-state index contributed by atoms with van der Waals surface area (Å²) in [6, 6.07) is 4.35. The number of carbonyl (C=O) groups excluding carboxylic acids is 1. The molecule has 0 aromatic heterocycles. The van der Waals surface area contributed by atoms with Crippen molar-refractivity contribution in [2.75, 3.05) is 12.4 Å². The smallest absolute Gasteiger partial charge is 0.274 e. The summed E-state index contributed by atoms with van der Waals surface area (Å²) in [4.78, 5) is 11.4. The molecule has 8 heteroatoms. The van der Waals surface area contributed by atoms with E-state index in [4.69, 9.17) is 9.94 Å². The first kappa shape index (κ1) is 15.7. The highest BCUT2D eigenvalue weighted by Gasteiger charge is 2.30. The number of rotatable bonds is 3. The lowest BCUT2D eigenvalue weighted by Gasteiger charge is -2.24. The molecule has 1 aromatic rings. The Morgan fingerprint density at radius 3 is 2.86 bits per heavy atom. The van der Waals surface area contributed by atoms with Crippen LogP contribution in [0.4, 0.5) is 0 Å². The van der Waals surface area contributed by atoms with Gasteiger partial charge in [-0.25, -0.2) is 13.9 Å². The summed E-state index contributed by atoms with van der Waals surface area (Å²) in [5.74, 6) is -0.161. The Hall–Kier alpha value is -1.64. The second kappa shape index (κ2) is 6.00. The second-order valence-corrected chi connectivity index (χ2v) is 7.08. The number of sulfonamides is 1. The molecule has 21 heavy (non-hydrogen) atoms. The molecule has 7 nitrogen and oxygen atoms in total. The van der Waals surface area contributed by atoms with Gasteiger partial charge in [-0.2, -0.15) is 4.31 Å². The Morgan fingerprint density at radius 1 is 1.52 bits per heavy atom. The van der Waals surface area contributed by atoms with Gasteiger partial charge in [0, 0.05) is 17.7 Å². The predicted octanol–water partition coefficient (Wildman–Crippen LogP) is 0.738. The monoisotopic (exact) mass is 314 g/mol. The van der Waals surface area contributed by atoms with Crippen molar-refractivity contribution in [2.24, 2.45) is 0 Å². The lowest BCUT2D eigenvalue weighted by Crippen LogP contribution is -2.40. The number of amides is 1. The summed E-state index contributed by atoms with van der Waals surface area (Å²) in [5, 5.41) is 8.64. The van der Waals surface area contributed by atoms with Crippen molar-refractivity contribution >= 4 is 15.9 Å². The minimum Gasteiger partial charge on any atom is -0.492 e. The lowest BCUT2D eigenvalue weighted by atomic mass is 10.1. The summed E-state index contributed by atoms with van der Waals surface area (Å²) < 4.78 is 31.2. The number of nitrogens with one attached hydrogen (secondary N) is 1. The molecule has 0 spiro atoms. The molecule has 0 bridgehead atoms. The van der Waals surface area contributed by atoms with Gasteiger partial charge in [0.25, 0.3) is 5.91 Å². The van der Waals surface area contributed by atoms with E-state index < -0.39 is 15.9 Å². The molecule has 0 saturated heterocycles. The first-order valence-electron chi connectivity index (χ1n) is 6.58. The van der Waals surface area contributed by atoms with Crippen LogP contribution < -0.4 is 10.2 Å². The van der Waals surface area contributed by atoms with Gasteiger partial charge >= 0.3 is 0 Å². The summed E-state index contributed by atoms with van der Waals surface area (Å²) in [7, 11) is -3.33. The fourth-order valence-corrected chi connectivity index (χ4v) is 3.46. The number of fused-ring (bicyclic) bond motifs is 1. The Kier molecular flexibility index (Phi) is 4.50. The summed E-state index contributed by atoms with van der Waals surface area (Å²) in [5.41, 5.74) is 2.49. The molecule has 0 saturated carbocycles. The van der Waals surface area contributed by atoms with E-state index in [-0.39, 0.29) is 30.5 Å². The highest BCUT2D eigenvalue weighted by Crippen LogP contribution is 2.28. The van der Waals surface area contributed by atoms with Crippen molar-refractivity contribution in [1.82, 2.24) is 9.79 Å². The zero-order valence-corrected chi connectivity index (χ0v) is 12.7. The van der Waals surface area contributed by atoms with Gasteiger partial charge in [0.2, 0.25) is 10.0 Å². The highest BCUT2D eigenvalue weighted by atomic mass is 32.2. The molecule has 0 fully saturated rings. The van der Waals surface area contributed by atoms with Gasteiger partial charge in [0.05, 0.1) is 11.8 Å². The maximum Gasteiger partial charge on any atom is 0.274 e. The molecule has 1 aliphatic rings. The zero-order chi connectivity index (χ0) is 15.6. The molecule has 1 aliphatic heterocycles. The Balaban J connectivity index is 2.37. The van der Waals surface area contributed by atoms with E-state index in [2.05, 4.69) is 0 Å². The molecular formula is C13H18N2O5S. The van der Waals surface area contributed by atoms with Crippen molar-refractivity contribution in [3.05, 3.63) is 29.3 Å². The maximum absolute atomic E-state index is 12.1. The van der Waals surface area contributed by atoms with Crippen molar-refractivity contribution in [3.63, 3.8) is 0 Å². The summed E-state index contributed by atoms with van der Waals surface area (Å²) >= 11 is 0. The van der Waals surface area contributed by atoms with Gasteiger partial charge in [-0.05, 0) is 26.0 Å². The van der Waals surface area contributed by atoms with Crippen LogP contribution in [0.5, 0.6) is 5.75 Å². The molecule has 2 N–H and O–H groups in total. The van der Waals surface area contributed by atoms with E-state index in [1.807, 2.05) is 0 Å². The number of carbonyl (C=O) groups is 1. The molecule has 2 rings (SSSR count). The van der Waals surface area contributed by atoms with Crippen molar-refractivity contribution in [2.45, 2.75) is 26.4 Å². The van der Waals surface area contributed by atoms with Gasteiger partial charge in [0.1, 0.15) is 12.4 Å². The third-order valence-electron chi connectivity index (χ3n) is 3.45. The van der Waals surface area contributed by atoms with Gasteiger partial charge in [-0.1, -0.05) is 6.07 Å². The van der Waals surface area contributed by atoms with Crippen LogP contribution in [0.25, 0.3) is 0 Å².